The van der Waals surface area contributed by atoms with Crippen LogP contribution < -0.4 is 4.74 Å². The molecule has 0 radical (unpaired) electrons. The smallest absolute Gasteiger partial charge is 0.263 e. The highest BCUT2D eigenvalue weighted by Crippen LogP contribution is 2.19. The van der Waals surface area contributed by atoms with Gasteiger partial charge in [0.05, 0.1) is 25.0 Å². The van der Waals surface area contributed by atoms with Gasteiger partial charge in [0, 0.05) is 25.9 Å². The number of carbonyl (C=O) groups is 1. The molecule has 0 bridgehead atoms. The van der Waals surface area contributed by atoms with Crippen molar-refractivity contribution in [3.05, 3.63) is 24.5 Å². The molecule has 1 aromatic heterocycles. The van der Waals surface area contributed by atoms with Gasteiger partial charge < -0.3 is 19.1 Å². The maximum atomic E-state index is 12.5. The fourth-order valence-electron chi connectivity index (χ4n) is 3.35. The van der Waals surface area contributed by atoms with Crippen LogP contribution in [0.3, 0.4) is 0 Å². The molecule has 0 saturated carbocycles. The molecule has 0 aromatic carbocycles. The Labute approximate surface area is 149 Å². The zero-order valence-electron chi connectivity index (χ0n) is 14.9. The molecule has 6 heteroatoms. The van der Waals surface area contributed by atoms with Gasteiger partial charge in [-0.05, 0) is 51.2 Å². The molecule has 2 fully saturated rings. The molecule has 0 spiro atoms. The highest BCUT2D eigenvalue weighted by atomic mass is 16.5. The summed E-state index contributed by atoms with van der Waals surface area (Å²) in [7, 11) is 0. The van der Waals surface area contributed by atoms with Crippen LogP contribution in [-0.2, 0) is 14.3 Å². The molecule has 0 aliphatic carbocycles. The lowest BCUT2D eigenvalue weighted by molar-refractivity contribution is -0.141. The van der Waals surface area contributed by atoms with E-state index in [0.29, 0.717) is 12.4 Å². The molecule has 2 unspecified atom stereocenters. The molecule has 6 nitrogen and oxygen atoms in total. The van der Waals surface area contributed by atoms with Gasteiger partial charge in [-0.3, -0.25) is 9.78 Å². The Bertz CT molecular complexity index is 525. The average Bonchev–Trinajstić information content (AvgIpc) is 2.68. The highest BCUT2D eigenvalue weighted by molar-refractivity contribution is 5.81. The second kappa shape index (κ2) is 9.15. The van der Waals surface area contributed by atoms with Crippen molar-refractivity contribution < 1.29 is 19.0 Å². The van der Waals surface area contributed by atoms with Crippen LogP contribution in [0.5, 0.6) is 5.75 Å². The van der Waals surface area contributed by atoms with E-state index in [1.165, 1.54) is 6.42 Å². The zero-order valence-corrected chi connectivity index (χ0v) is 14.9. The summed E-state index contributed by atoms with van der Waals surface area (Å²) in [5.41, 5.74) is 0. The van der Waals surface area contributed by atoms with E-state index < -0.39 is 6.10 Å². The molecule has 2 aliphatic heterocycles. The van der Waals surface area contributed by atoms with Crippen LogP contribution in [0.15, 0.2) is 24.5 Å². The first-order chi connectivity index (χ1) is 12.2. The van der Waals surface area contributed by atoms with E-state index in [0.717, 1.165) is 45.4 Å². The third-order valence-corrected chi connectivity index (χ3v) is 4.84. The lowest BCUT2D eigenvalue weighted by Gasteiger charge is -2.34. The standard InChI is InChI=1S/C19H28N2O4/c1-15(25-17-6-4-9-20-13-17)19(22)21-10-7-16(8-11-21)24-14-18-5-2-3-12-23-18/h4,6,9,13,15-16,18H,2-3,5,7-8,10-12,14H2,1H3. The lowest BCUT2D eigenvalue weighted by Crippen LogP contribution is -2.46. The quantitative estimate of drug-likeness (QED) is 0.790. The number of aromatic nitrogens is 1. The minimum Gasteiger partial charge on any atom is -0.479 e. The Morgan fingerprint density at radius 1 is 1.36 bits per heavy atom. The van der Waals surface area contributed by atoms with E-state index >= 15 is 0 Å². The van der Waals surface area contributed by atoms with E-state index in [4.69, 9.17) is 14.2 Å². The van der Waals surface area contributed by atoms with Crippen LogP contribution in [0, 0.1) is 0 Å². The van der Waals surface area contributed by atoms with Crippen LogP contribution in [0.4, 0.5) is 0 Å². The number of ether oxygens (including phenoxy) is 3. The Morgan fingerprint density at radius 3 is 2.88 bits per heavy atom. The normalized spacial score (nSPS) is 23.2. The molecule has 3 heterocycles. The lowest BCUT2D eigenvalue weighted by atomic mass is 10.1. The van der Waals surface area contributed by atoms with E-state index in [9.17, 15) is 4.79 Å². The second-order valence-corrected chi connectivity index (χ2v) is 6.80. The minimum absolute atomic E-state index is 0.0258. The summed E-state index contributed by atoms with van der Waals surface area (Å²) >= 11 is 0. The fourth-order valence-corrected chi connectivity index (χ4v) is 3.35. The van der Waals surface area contributed by atoms with Gasteiger partial charge in [-0.15, -0.1) is 0 Å². The average molecular weight is 348 g/mol. The number of hydrogen-bond donors (Lipinski definition) is 0. The van der Waals surface area contributed by atoms with Crippen LogP contribution in [0.2, 0.25) is 0 Å². The number of likely N-dealkylation sites (tertiary alicyclic amines) is 1. The van der Waals surface area contributed by atoms with Gasteiger partial charge in [0.25, 0.3) is 5.91 Å². The molecule has 1 aromatic rings. The van der Waals surface area contributed by atoms with Gasteiger partial charge in [0.15, 0.2) is 6.10 Å². The molecular weight excluding hydrogens is 320 g/mol. The number of pyridine rings is 1. The largest absolute Gasteiger partial charge is 0.479 e. The van der Waals surface area contributed by atoms with Crippen molar-refractivity contribution in [1.29, 1.82) is 0 Å². The summed E-state index contributed by atoms with van der Waals surface area (Å²) in [6.07, 6.45) is 8.52. The molecule has 2 aliphatic rings. The summed E-state index contributed by atoms with van der Waals surface area (Å²) in [5.74, 6) is 0.645. The number of hydrogen-bond acceptors (Lipinski definition) is 5. The monoisotopic (exact) mass is 348 g/mol. The second-order valence-electron chi connectivity index (χ2n) is 6.80. The fraction of sp³-hybridized carbons (Fsp3) is 0.684. The number of amides is 1. The van der Waals surface area contributed by atoms with Crippen LogP contribution in [0.1, 0.15) is 39.0 Å². The molecule has 0 N–H and O–H groups in total. The van der Waals surface area contributed by atoms with Gasteiger partial charge in [-0.2, -0.15) is 0 Å². The minimum atomic E-state index is -0.502. The van der Waals surface area contributed by atoms with E-state index in [1.54, 1.807) is 25.4 Å². The maximum absolute atomic E-state index is 12.5. The summed E-state index contributed by atoms with van der Waals surface area (Å²) in [5, 5.41) is 0. The number of rotatable bonds is 6. The molecular formula is C19H28N2O4. The first kappa shape index (κ1) is 18.1. The van der Waals surface area contributed by atoms with Crippen LogP contribution in [0.25, 0.3) is 0 Å². The maximum Gasteiger partial charge on any atom is 0.263 e. The molecule has 1 amide bonds. The Kier molecular flexibility index (Phi) is 6.64. The third kappa shape index (κ3) is 5.41. The van der Waals surface area contributed by atoms with Crippen molar-refractivity contribution >= 4 is 5.91 Å². The summed E-state index contributed by atoms with van der Waals surface area (Å²) < 4.78 is 17.4. The first-order valence-electron chi connectivity index (χ1n) is 9.31. The molecule has 138 valence electrons. The van der Waals surface area contributed by atoms with Crippen molar-refractivity contribution in [2.75, 3.05) is 26.3 Å². The Morgan fingerprint density at radius 2 is 2.20 bits per heavy atom. The molecule has 2 saturated heterocycles. The van der Waals surface area contributed by atoms with Crippen molar-refractivity contribution in [3.8, 4) is 5.75 Å². The SMILES string of the molecule is CC(Oc1cccnc1)C(=O)N1CCC(OCC2CCCCO2)CC1. The summed E-state index contributed by atoms with van der Waals surface area (Å²) in [6.45, 7) is 4.76. The molecule has 2 atom stereocenters. The topological polar surface area (TPSA) is 60.9 Å². The highest BCUT2D eigenvalue weighted by Gasteiger charge is 2.28. The van der Waals surface area contributed by atoms with Crippen molar-refractivity contribution in [3.63, 3.8) is 0 Å². The van der Waals surface area contributed by atoms with Crippen LogP contribution in [-0.4, -0.2) is 60.4 Å². The van der Waals surface area contributed by atoms with Gasteiger partial charge in [0.2, 0.25) is 0 Å². The van der Waals surface area contributed by atoms with Gasteiger partial charge >= 0.3 is 0 Å². The van der Waals surface area contributed by atoms with Gasteiger partial charge in [-0.1, -0.05) is 0 Å². The Hall–Kier alpha value is -1.66. The van der Waals surface area contributed by atoms with Crippen molar-refractivity contribution in [1.82, 2.24) is 9.88 Å². The zero-order chi connectivity index (χ0) is 17.5. The van der Waals surface area contributed by atoms with Crippen molar-refractivity contribution in [2.45, 2.75) is 57.3 Å². The van der Waals surface area contributed by atoms with E-state index in [-0.39, 0.29) is 18.1 Å². The van der Waals surface area contributed by atoms with Crippen LogP contribution >= 0.6 is 0 Å². The van der Waals surface area contributed by atoms with E-state index in [2.05, 4.69) is 4.98 Å². The number of piperidine rings is 1. The van der Waals surface area contributed by atoms with Crippen molar-refractivity contribution in [2.24, 2.45) is 0 Å². The summed E-state index contributed by atoms with van der Waals surface area (Å²) in [4.78, 5) is 18.4. The van der Waals surface area contributed by atoms with Gasteiger partial charge in [-0.25, -0.2) is 0 Å². The van der Waals surface area contributed by atoms with E-state index in [1.807, 2.05) is 11.0 Å². The predicted molar refractivity (Wildman–Crippen MR) is 93.5 cm³/mol. The molecule has 3 rings (SSSR count). The number of nitrogens with zero attached hydrogens (tertiary/aromatic N) is 2. The predicted octanol–water partition coefficient (Wildman–Crippen LogP) is 2.43. The third-order valence-electron chi connectivity index (χ3n) is 4.84. The first-order valence-corrected chi connectivity index (χ1v) is 9.31. The number of carbonyl (C=O) groups excluding carboxylic acids is 1. The van der Waals surface area contributed by atoms with Gasteiger partial charge in [0.1, 0.15) is 5.75 Å². The summed E-state index contributed by atoms with van der Waals surface area (Å²) in [6, 6.07) is 3.61. The molecule has 25 heavy (non-hydrogen) atoms. The Balaban J connectivity index is 1.38.